The van der Waals surface area contributed by atoms with Gasteiger partial charge in [0.15, 0.2) is 0 Å². The van der Waals surface area contributed by atoms with E-state index in [1.54, 1.807) is 23.0 Å². The van der Waals surface area contributed by atoms with Crippen LogP contribution in [-0.4, -0.2) is 35.7 Å². The van der Waals surface area contributed by atoms with E-state index in [2.05, 4.69) is 10.2 Å². The molecule has 4 heterocycles. The third-order valence-corrected chi connectivity index (χ3v) is 7.63. The third kappa shape index (κ3) is 4.38. The SMILES string of the molecule is COc1cccc(-n2c(N3CCCC(C(=O)NCc4cccs4)C3)nc3ccsc3c2=O)c1. The minimum atomic E-state index is -0.160. The molecule has 5 rings (SSSR count). The maximum Gasteiger partial charge on any atom is 0.277 e. The van der Waals surface area contributed by atoms with Crippen molar-refractivity contribution in [1.29, 1.82) is 0 Å². The maximum atomic E-state index is 13.5. The fraction of sp³-hybridized carbons (Fsp3) is 0.292. The molecule has 0 aliphatic carbocycles. The van der Waals surface area contributed by atoms with Gasteiger partial charge in [-0.25, -0.2) is 9.55 Å². The number of piperidine rings is 1. The number of thiophene rings is 2. The van der Waals surface area contributed by atoms with Crippen molar-refractivity contribution in [3.8, 4) is 11.4 Å². The highest BCUT2D eigenvalue weighted by atomic mass is 32.1. The summed E-state index contributed by atoms with van der Waals surface area (Å²) < 4.78 is 7.64. The Morgan fingerprint density at radius 3 is 2.94 bits per heavy atom. The molecule has 1 N–H and O–H groups in total. The van der Waals surface area contributed by atoms with Crippen LogP contribution in [0.3, 0.4) is 0 Å². The average molecular weight is 481 g/mol. The van der Waals surface area contributed by atoms with E-state index in [0.717, 1.165) is 24.3 Å². The van der Waals surface area contributed by atoms with Crippen LogP contribution in [-0.2, 0) is 11.3 Å². The monoisotopic (exact) mass is 480 g/mol. The number of ether oxygens (including phenoxy) is 1. The van der Waals surface area contributed by atoms with Gasteiger partial charge in [0.2, 0.25) is 11.9 Å². The number of carbonyl (C=O) groups is 1. The second-order valence-corrected chi connectivity index (χ2v) is 9.92. The lowest BCUT2D eigenvalue weighted by atomic mass is 9.97. The van der Waals surface area contributed by atoms with E-state index in [4.69, 9.17) is 9.72 Å². The zero-order valence-corrected chi connectivity index (χ0v) is 19.8. The Labute approximate surface area is 199 Å². The van der Waals surface area contributed by atoms with Crippen LogP contribution in [0.2, 0.25) is 0 Å². The van der Waals surface area contributed by atoms with Crippen LogP contribution >= 0.6 is 22.7 Å². The summed E-state index contributed by atoms with van der Waals surface area (Å²) in [6.45, 7) is 1.80. The van der Waals surface area contributed by atoms with E-state index >= 15 is 0 Å². The first-order valence-corrected chi connectivity index (χ1v) is 12.6. The number of nitrogens with one attached hydrogen (secondary N) is 1. The molecule has 1 atom stereocenters. The summed E-state index contributed by atoms with van der Waals surface area (Å²) in [6, 6.07) is 13.3. The molecule has 0 spiro atoms. The Bertz CT molecular complexity index is 1330. The molecule has 33 heavy (non-hydrogen) atoms. The van der Waals surface area contributed by atoms with Crippen LogP contribution in [0.4, 0.5) is 5.95 Å². The number of rotatable bonds is 6. The van der Waals surface area contributed by atoms with Crippen molar-refractivity contribution in [3.63, 3.8) is 0 Å². The maximum absolute atomic E-state index is 13.5. The number of fused-ring (bicyclic) bond motifs is 1. The van der Waals surface area contributed by atoms with Gasteiger partial charge in [0.1, 0.15) is 10.4 Å². The van der Waals surface area contributed by atoms with Gasteiger partial charge in [0.25, 0.3) is 5.56 Å². The summed E-state index contributed by atoms with van der Waals surface area (Å²) in [5.74, 6) is 1.11. The van der Waals surface area contributed by atoms with Crippen LogP contribution in [0.5, 0.6) is 5.75 Å². The van der Waals surface area contributed by atoms with Gasteiger partial charge in [0.05, 0.1) is 30.8 Å². The summed E-state index contributed by atoms with van der Waals surface area (Å²) in [5, 5.41) is 6.96. The molecule has 0 saturated carbocycles. The molecule has 1 saturated heterocycles. The van der Waals surface area contributed by atoms with Gasteiger partial charge in [-0.15, -0.1) is 22.7 Å². The molecule has 9 heteroatoms. The topological polar surface area (TPSA) is 76.5 Å². The number of anilines is 1. The molecule has 1 aromatic carbocycles. The number of benzene rings is 1. The highest BCUT2D eigenvalue weighted by Crippen LogP contribution is 2.27. The highest BCUT2D eigenvalue weighted by molar-refractivity contribution is 7.17. The first-order chi connectivity index (χ1) is 16.1. The molecule has 1 amide bonds. The first-order valence-electron chi connectivity index (χ1n) is 10.8. The smallest absolute Gasteiger partial charge is 0.277 e. The lowest BCUT2D eigenvalue weighted by Gasteiger charge is -2.34. The fourth-order valence-electron chi connectivity index (χ4n) is 4.20. The molecule has 1 aliphatic rings. The third-order valence-electron chi connectivity index (χ3n) is 5.87. The predicted octanol–water partition coefficient (Wildman–Crippen LogP) is 4.05. The molecule has 0 bridgehead atoms. The van der Waals surface area contributed by atoms with Crippen molar-refractivity contribution in [1.82, 2.24) is 14.9 Å². The molecule has 7 nitrogen and oxygen atoms in total. The van der Waals surface area contributed by atoms with Crippen molar-refractivity contribution >= 4 is 44.7 Å². The molecule has 4 aromatic rings. The van der Waals surface area contributed by atoms with Crippen molar-refractivity contribution in [3.05, 3.63) is 68.5 Å². The van der Waals surface area contributed by atoms with Crippen molar-refractivity contribution in [2.75, 3.05) is 25.1 Å². The van der Waals surface area contributed by atoms with Crippen molar-refractivity contribution < 1.29 is 9.53 Å². The summed E-state index contributed by atoms with van der Waals surface area (Å²) in [5.41, 5.74) is 1.27. The molecule has 1 fully saturated rings. The zero-order valence-electron chi connectivity index (χ0n) is 18.2. The van der Waals surface area contributed by atoms with Gasteiger partial charge in [-0.3, -0.25) is 9.59 Å². The Balaban J connectivity index is 1.48. The van der Waals surface area contributed by atoms with E-state index in [1.807, 2.05) is 53.2 Å². The molecular weight excluding hydrogens is 456 g/mol. The summed E-state index contributed by atoms with van der Waals surface area (Å²) in [4.78, 5) is 34.5. The molecule has 3 aromatic heterocycles. The Kier molecular flexibility index (Phi) is 6.15. The molecular formula is C24H24N4O3S2. The standard InChI is InChI=1S/C24H24N4O3S2/c1-31-18-7-2-6-17(13-18)28-23(30)21-20(9-12-33-21)26-24(28)27-10-3-5-16(15-27)22(29)25-14-19-8-4-11-32-19/h2,4,6-9,11-13,16H,3,5,10,14-15H2,1H3,(H,25,29). The fourth-order valence-corrected chi connectivity index (χ4v) is 5.60. The summed E-state index contributed by atoms with van der Waals surface area (Å²) in [7, 11) is 1.60. The van der Waals surface area contributed by atoms with Crippen LogP contribution in [0.1, 0.15) is 17.7 Å². The lowest BCUT2D eigenvalue weighted by molar-refractivity contribution is -0.125. The van der Waals surface area contributed by atoms with E-state index in [-0.39, 0.29) is 17.4 Å². The highest BCUT2D eigenvalue weighted by Gasteiger charge is 2.29. The quantitative estimate of drug-likeness (QED) is 0.451. The van der Waals surface area contributed by atoms with Gasteiger partial charge in [-0.2, -0.15) is 0 Å². The van der Waals surface area contributed by atoms with Gasteiger partial charge in [-0.1, -0.05) is 12.1 Å². The second-order valence-electron chi connectivity index (χ2n) is 7.97. The number of methoxy groups -OCH3 is 1. The number of amides is 1. The number of hydrogen-bond donors (Lipinski definition) is 1. The second kappa shape index (κ2) is 9.36. The molecule has 170 valence electrons. The van der Waals surface area contributed by atoms with Gasteiger partial charge in [0, 0.05) is 24.0 Å². The minimum absolute atomic E-state index is 0.0417. The Morgan fingerprint density at radius 2 is 2.12 bits per heavy atom. The van der Waals surface area contributed by atoms with E-state index in [0.29, 0.717) is 40.7 Å². The van der Waals surface area contributed by atoms with Crippen LogP contribution in [0.25, 0.3) is 15.9 Å². The van der Waals surface area contributed by atoms with Gasteiger partial charge < -0.3 is 15.0 Å². The number of hydrogen-bond acceptors (Lipinski definition) is 7. The van der Waals surface area contributed by atoms with Crippen LogP contribution < -0.4 is 20.5 Å². The van der Waals surface area contributed by atoms with Gasteiger partial charge in [-0.05, 0) is 47.9 Å². The summed E-state index contributed by atoms with van der Waals surface area (Å²) >= 11 is 3.02. The van der Waals surface area contributed by atoms with Gasteiger partial charge >= 0.3 is 0 Å². The van der Waals surface area contributed by atoms with Crippen LogP contribution in [0, 0.1) is 5.92 Å². The van der Waals surface area contributed by atoms with E-state index in [1.165, 1.54) is 11.3 Å². The zero-order chi connectivity index (χ0) is 22.8. The Morgan fingerprint density at radius 1 is 1.21 bits per heavy atom. The molecule has 0 radical (unpaired) electrons. The average Bonchev–Trinajstić information content (AvgIpc) is 3.55. The number of carbonyl (C=O) groups excluding carboxylic acids is 1. The number of aromatic nitrogens is 2. The largest absolute Gasteiger partial charge is 0.497 e. The normalized spacial score (nSPS) is 16.2. The van der Waals surface area contributed by atoms with Crippen molar-refractivity contribution in [2.24, 2.45) is 5.92 Å². The minimum Gasteiger partial charge on any atom is -0.497 e. The molecule has 1 aliphatic heterocycles. The van der Waals surface area contributed by atoms with Crippen molar-refractivity contribution in [2.45, 2.75) is 19.4 Å². The van der Waals surface area contributed by atoms with E-state index in [9.17, 15) is 9.59 Å². The lowest BCUT2D eigenvalue weighted by Crippen LogP contribution is -2.45. The first kappa shape index (κ1) is 21.7. The number of nitrogens with zero attached hydrogens (tertiary/aromatic N) is 3. The molecule has 1 unspecified atom stereocenters. The predicted molar refractivity (Wildman–Crippen MR) is 133 cm³/mol. The Hall–Kier alpha value is -3.17. The van der Waals surface area contributed by atoms with Crippen LogP contribution in [0.15, 0.2) is 58.0 Å². The summed E-state index contributed by atoms with van der Waals surface area (Å²) in [6.07, 6.45) is 1.67. The van der Waals surface area contributed by atoms with E-state index < -0.39 is 0 Å².